The van der Waals surface area contributed by atoms with Crippen molar-refractivity contribution in [3.8, 4) is 0 Å². The average Bonchev–Trinajstić information content (AvgIpc) is 2.24. The van der Waals surface area contributed by atoms with E-state index in [9.17, 15) is 14.4 Å². The number of carbonyl (C=O) groups excluding carboxylic acids is 3. The lowest BCUT2D eigenvalue weighted by Gasteiger charge is -2.05. The number of rotatable bonds is 8. The minimum absolute atomic E-state index is 0.0612. The van der Waals surface area contributed by atoms with Gasteiger partial charge in [-0.3, -0.25) is 14.9 Å². The first-order valence-corrected chi connectivity index (χ1v) is 5.12. The molecule has 0 bridgehead atoms. The Hall–Kier alpha value is -1.67. The summed E-state index contributed by atoms with van der Waals surface area (Å²) in [7, 11) is 1.55. The van der Waals surface area contributed by atoms with Crippen LogP contribution in [0.3, 0.4) is 0 Å². The van der Waals surface area contributed by atoms with Gasteiger partial charge in [-0.25, -0.2) is 4.79 Å². The Labute approximate surface area is 99.2 Å². The molecule has 0 saturated carbocycles. The van der Waals surface area contributed by atoms with Gasteiger partial charge in [0, 0.05) is 26.6 Å². The smallest absolute Gasteiger partial charge is 0.318 e. The fraction of sp³-hybridized carbons (Fsp3) is 0.667. The summed E-state index contributed by atoms with van der Waals surface area (Å²) in [4.78, 5) is 32.4. The Morgan fingerprint density at radius 3 is 2.47 bits per heavy atom. The van der Waals surface area contributed by atoms with Gasteiger partial charge in [0.2, 0.25) is 11.8 Å². The lowest BCUT2D eigenvalue weighted by Crippen LogP contribution is -2.41. The highest BCUT2D eigenvalue weighted by Gasteiger charge is 2.04. The molecule has 5 N–H and O–H groups in total. The highest BCUT2D eigenvalue weighted by Crippen LogP contribution is 1.77. The van der Waals surface area contributed by atoms with Crippen LogP contribution in [0.25, 0.3) is 0 Å². The van der Waals surface area contributed by atoms with E-state index < -0.39 is 11.9 Å². The van der Waals surface area contributed by atoms with E-state index in [-0.39, 0.29) is 18.9 Å². The number of ether oxygens (including phenoxy) is 1. The normalized spacial score (nSPS) is 9.71. The number of nitrogens with two attached hydrogens (primary N) is 1. The van der Waals surface area contributed by atoms with Crippen molar-refractivity contribution in [2.45, 2.75) is 6.42 Å². The topological polar surface area (TPSA) is 123 Å². The van der Waals surface area contributed by atoms with Crippen LogP contribution < -0.4 is 21.7 Å². The van der Waals surface area contributed by atoms with Gasteiger partial charge >= 0.3 is 6.03 Å². The molecule has 0 aliphatic heterocycles. The third kappa shape index (κ3) is 10.6. The fourth-order valence-electron chi connectivity index (χ4n) is 0.966. The quantitative estimate of drug-likeness (QED) is 0.366. The van der Waals surface area contributed by atoms with Crippen LogP contribution in [0.15, 0.2) is 0 Å². The molecule has 0 aromatic heterocycles. The van der Waals surface area contributed by atoms with E-state index in [0.29, 0.717) is 19.7 Å². The number of hydrogen-bond donors (Lipinski definition) is 4. The predicted molar refractivity (Wildman–Crippen MR) is 60.1 cm³/mol. The number of methoxy groups -OCH3 is 1. The molecule has 0 aromatic rings. The zero-order chi connectivity index (χ0) is 13.1. The molecule has 4 amide bonds. The predicted octanol–water partition coefficient (Wildman–Crippen LogP) is -2.08. The largest absolute Gasteiger partial charge is 0.383 e. The van der Waals surface area contributed by atoms with Crippen LogP contribution in [0.1, 0.15) is 6.42 Å². The van der Waals surface area contributed by atoms with E-state index in [1.54, 1.807) is 7.11 Å². The van der Waals surface area contributed by atoms with Crippen molar-refractivity contribution in [3.05, 3.63) is 0 Å². The summed E-state index contributed by atoms with van der Waals surface area (Å²) in [5.74, 6) is -0.665. The molecule has 0 heterocycles. The molecule has 0 aliphatic rings. The average molecular weight is 246 g/mol. The molecule has 0 atom stereocenters. The van der Waals surface area contributed by atoms with E-state index in [2.05, 4.69) is 10.6 Å². The number of hydrogen-bond acceptors (Lipinski definition) is 5. The standard InChI is InChI=1S/C9H18N4O4/c1-17-5-4-12-7(14)2-3-11-6-8(15)13-9(10)16/h11H,2-6H2,1H3,(H,12,14)(H3,10,13,15,16). The van der Waals surface area contributed by atoms with Gasteiger partial charge < -0.3 is 21.1 Å². The zero-order valence-electron chi connectivity index (χ0n) is 9.75. The van der Waals surface area contributed by atoms with Crippen molar-refractivity contribution in [2.75, 3.05) is 33.4 Å². The number of nitrogens with one attached hydrogen (secondary N) is 3. The van der Waals surface area contributed by atoms with Crippen LogP contribution in [-0.4, -0.2) is 51.2 Å². The van der Waals surface area contributed by atoms with Crippen molar-refractivity contribution in [2.24, 2.45) is 5.73 Å². The minimum atomic E-state index is -0.894. The molecule has 8 heteroatoms. The SMILES string of the molecule is COCCNC(=O)CCNCC(=O)NC(N)=O. The maximum Gasteiger partial charge on any atom is 0.318 e. The van der Waals surface area contributed by atoms with E-state index >= 15 is 0 Å². The molecule has 0 fully saturated rings. The van der Waals surface area contributed by atoms with E-state index in [4.69, 9.17) is 10.5 Å². The Bertz CT molecular complexity index is 270. The summed E-state index contributed by atoms with van der Waals surface area (Å²) in [6, 6.07) is -0.894. The molecule has 0 saturated heterocycles. The highest BCUT2D eigenvalue weighted by atomic mass is 16.5. The summed E-state index contributed by atoms with van der Waals surface area (Å²) in [6.45, 7) is 1.19. The Balaban J connectivity index is 3.41. The second-order valence-corrected chi connectivity index (χ2v) is 3.18. The molecule has 0 rings (SSSR count). The van der Waals surface area contributed by atoms with E-state index in [1.165, 1.54) is 0 Å². The summed E-state index contributed by atoms with van der Waals surface area (Å²) in [6.07, 6.45) is 0.244. The van der Waals surface area contributed by atoms with Crippen molar-refractivity contribution in [1.29, 1.82) is 0 Å². The first-order valence-electron chi connectivity index (χ1n) is 5.12. The van der Waals surface area contributed by atoms with Gasteiger partial charge in [0.15, 0.2) is 0 Å². The van der Waals surface area contributed by atoms with Gasteiger partial charge in [-0.2, -0.15) is 0 Å². The molecular weight excluding hydrogens is 228 g/mol. The highest BCUT2D eigenvalue weighted by molar-refractivity contribution is 5.94. The lowest BCUT2D eigenvalue weighted by molar-refractivity contribution is -0.122. The molecule has 0 unspecified atom stereocenters. The first kappa shape index (κ1) is 15.3. The van der Waals surface area contributed by atoms with Gasteiger partial charge in [-0.15, -0.1) is 0 Å². The van der Waals surface area contributed by atoms with Crippen LogP contribution >= 0.6 is 0 Å². The third-order valence-electron chi connectivity index (χ3n) is 1.71. The summed E-state index contributed by atoms with van der Waals surface area (Å²) < 4.78 is 4.76. The third-order valence-corrected chi connectivity index (χ3v) is 1.71. The van der Waals surface area contributed by atoms with Gasteiger partial charge in [-0.05, 0) is 0 Å². The first-order chi connectivity index (χ1) is 8.06. The molecule has 0 aromatic carbocycles. The lowest BCUT2D eigenvalue weighted by atomic mass is 10.4. The molecule has 17 heavy (non-hydrogen) atoms. The van der Waals surface area contributed by atoms with Crippen LogP contribution in [0.4, 0.5) is 4.79 Å². The number of amides is 4. The number of primary amides is 1. The van der Waals surface area contributed by atoms with Crippen molar-refractivity contribution in [3.63, 3.8) is 0 Å². The molecule has 8 nitrogen and oxygen atoms in total. The second kappa shape index (κ2) is 9.55. The van der Waals surface area contributed by atoms with Gasteiger partial charge in [0.05, 0.1) is 13.2 Å². The molecule has 0 radical (unpaired) electrons. The fourth-order valence-corrected chi connectivity index (χ4v) is 0.966. The maximum atomic E-state index is 11.2. The van der Waals surface area contributed by atoms with Crippen molar-refractivity contribution < 1.29 is 19.1 Å². The zero-order valence-corrected chi connectivity index (χ0v) is 9.75. The Kier molecular flexibility index (Phi) is 8.61. The second-order valence-electron chi connectivity index (χ2n) is 3.18. The molecule has 0 spiro atoms. The minimum Gasteiger partial charge on any atom is -0.383 e. The van der Waals surface area contributed by atoms with Crippen LogP contribution in [0.5, 0.6) is 0 Å². The number of urea groups is 1. The number of carbonyl (C=O) groups is 3. The van der Waals surface area contributed by atoms with Gasteiger partial charge in [-0.1, -0.05) is 0 Å². The van der Waals surface area contributed by atoms with Crippen LogP contribution in [0.2, 0.25) is 0 Å². The van der Waals surface area contributed by atoms with Crippen LogP contribution in [0, 0.1) is 0 Å². The molecular formula is C9H18N4O4. The summed E-state index contributed by atoms with van der Waals surface area (Å²) in [5, 5.41) is 7.22. The van der Waals surface area contributed by atoms with E-state index in [1.807, 2.05) is 5.32 Å². The van der Waals surface area contributed by atoms with Gasteiger partial charge in [0.1, 0.15) is 0 Å². The van der Waals surface area contributed by atoms with Crippen LogP contribution in [-0.2, 0) is 14.3 Å². The summed E-state index contributed by atoms with van der Waals surface area (Å²) >= 11 is 0. The molecule has 98 valence electrons. The molecule has 0 aliphatic carbocycles. The maximum absolute atomic E-state index is 11.2. The van der Waals surface area contributed by atoms with Gasteiger partial charge in [0.25, 0.3) is 0 Å². The van der Waals surface area contributed by atoms with Crippen molar-refractivity contribution >= 4 is 17.8 Å². The monoisotopic (exact) mass is 246 g/mol. The Morgan fingerprint density at radius 1 is 1.18 bits per heavy atom. The van der Waals surface area contributed by atoms with Crippen molar-refractivity contribution in [1.82, 2.24) is 16.0 Å². The summed E-state index contributed by atoms with van der Waals surface area (Å²) in [5.41, 5.74) is 4.74. The van der Waals surface area contributed by atoms with E-state index in [0.717, 1.165) is 0 Å². The Morgan fingerprint density at radius 2 is 1.88 bits per heavy atom. The number of imide groups is 1.